The highest BCUT2D eigenvalue weighted by atomic mass is 35.5. The van der Waals surface area contributed by atoms with Crippen molar-refractivity contribution in [1.29, 1.82) is 0 Å². The summed E-state index contributed by atoms with van der Waals surface area (Å²) in [5.41, 5.74) is 2.08. The van der Waals surface area contributed by atoms with E-state index in [1.54, 1.807) is 0 Å². The summed E-state index contributed by atoms with van der Waals surface area (Å²) in [5.74, 6) is 0.712. The molecule has 1 aromatic carbocycles. The van der Waals surface area contributed by atoms with Gasteiger partial charge < -0.3 is 10.4 Å². The first-order valence-corrected chi connectivity index (χ1v) is 7.41. The fourth-order valence-electron chi connectivity index (χ4n) is 2.45. The third kappa shape index (κ3) is 3.63. The topological polar surface area (TPSA) is 32.3 Å². The van der Waals surface area contributed by atoms with Gasteiger partial charge in [-0.25, -0.2) is 0 Å². The minimum Gasteiger partial charge on any atom is -0.387 e. The largest absolute Gasteiger partial charge is 0.387 e. The zero-order chi connectivity index (χ0) is 14.2. The molecular weight excluding hydrogens is 281 g/mol. The summed E-state index contributed by atoms with van der Waals surface area (Å²) >= 11 is 12.3. The highest BCUT2D eigenvalue weighted by Crippen LogP contribution is 2.51. The van der Waals surface area contributed by atoms with Crippen molar-refractivity contribution in [3.63, 3.8) is 0 Å². The monoisotopic (exact) mass is 301 g/mol. The van der Waals surface area contributed by atoms with Crippen molar-refractivity contribution in [2.45, 2.75) is 33.3 Å². The third-order valence-electron chi connectivity index (χ3n) is 4.00. The van der Waals surface area contributed by atoms with Crippen LogP contribution in [-0.4, -0.2) is 18.2 Å². The van der Waals surface area contributed by atoms with E-state index in [0.717, 1.165) is 12.1 Å². The molecule has 4 heteroatoms. The molecule has 19 heavy (non-hydrogen) atoms. The molecule has 1 fully saturated rings. The van der Waals surface area contributed by atoms with Crippen molar-refractivity contribution in [2.24, 2.45) is 11.3 Å². The molecule has 2 nitrogen and oxygen atoms in total. The van der Waals surface area contributed by atoms with Crippen molar-refractivity contribution < 1.29 is 5.11 Å². The lowest BCUT2D eigenvalue weighted by Crippen LogP contribution is -2.25. The van der Waals surface area contributed by atoms with Gasteiger partial charge in [0, 0.05) is 22.2 Å². The van der Waals surface area contributed by atoms with Gasteiger partial charge in [0.2, 0.25) is 0 Å². The molecule has 1 aromatic rings. The van der Waals surface area contributed by atoms with Crippen LogP contribution in [0.5, 0.6) is 0 Å². The zero-order valence-corrected chi connectivity index (χ0v) is 13.1. The van der Waals surface area contributed by atoms with Gasteiger partial charge in [-0.3, -0.25) is 0 Å². The summed E-state index contributed by atoms with van der Waals surface area (Å²) in [6.45, 7) is 7.88. The average Bonchev–Trinajstić information content (AvgIpc) is 2.84. The number of aryl methyl sites for hydroxylation is 1. The molecule has 0 radical (unpaired) electrons. The van der Waals surface area contributed by atoms with Gasteiger partial charge in [-0.2, -0.15) is 0 Å². The van der Waals surface area contributed by atoms with E-state index in [2.05, 4.69) is 19.2 Å². The lowest BCUT2D eigenvalue weighted by molar-refractivity contribution is 0.174. The predicted molar refractivity (Wildman–Crippen MR) is 80.9 cm³/mol. The van der Waals surface area contributed by atoms with E-state index in [0.29, 0.717) is 33.5 Å². The van der Waals surface area contributed by atoms with Crippen LogP contribution in [0.25, 0.3) is 0 Å². The first kappa shape index (κ1) is 15.1. The molecular formula is C15H21Cl2NO. The number of hydrogen-bond acceptors (Lipinski definition) is 2. The maximum Gasteiger partial charge on any atom is 0.0943 e. The molecule has 106 valence electrons. The molecule has 1 saturated carbocycles. The van der Waals surface area contributed by atoms with E-state index >= 15 is 0 Å². The number of nitrogens with one attached hydrogen (secondary N) is 1. The van der Waals surface area contributed by atoms with Gasteiger partial charge in [0.1, 0.15) is 0 Å². The van der Waals surface area contributed by atoms with Crippen LogP contribution in [0, 0.1) is 18.3 Å². The van der Waals surface area contributed by atoms with Crippen molar-refractivity contribution in [2.75, 3.05) is 13.1 Å². The van der Waals surface area contributed by atoms with Crippen molar-refractivity contribution in [1.82, 2.24) is 5.32 Å². The standard InChI is InChI=1S/C15H21Cl2NO/c1-9-4-11(16)14(12(17)5-9)13(19)8-18-7-10-6-15(10,2)3/h4-5,10,13,18-19H,6-8H2,1-3H3/t10-,13?/m0/s1. The molecule has 2 rings (SSSR count). The molecule has 1 aliphatic carbocycles. The normalized spacial score (nSPS) is 22.3. The van der Waals surface area contributed by atoms with Crippen LogP contribution in [0.3, 0.4) is 0 Å². The van der Waals surface area contributed by atoms with Crippen LogP contribution in [0.2, 0.25) is 10.0 Å². The Morgan fingerprint density at radius 1 is 1.37 bits per heavy atom. The van der Waals surface area contributed by atoms with Gasteiger partial charge >= 0.3 is 0 Å². The lowest BCUT2D eigenvalue weighted by atomic mass is 10.1. The molecule has 1 aliphatic rings. The van der Waals surface area contributed by atoms with Gasteiger partial charge in [-0.1, -0.05) is 37.0 Å². The van der Waals surface area contributed by atoms with Crippen LogP contribution in [0.4, 0.5) is 0 Å². The summed E-state index contributed by atoms with van der Waals surface area (Å²) < 4.78 is 0. The second kappa shape index (κ2) is 5.61. The summed E-state index contributed by atoms with van der Waals surface area (Å²) in [7, 11) is 0. The quantitative estimate of drug-likeness (QED) is 0.862. The van der Waals surface area contributed by atoms with Crippen LogP contribution < -0.4 is 5.32 Å². The number of aliphatic hydroxyl groups excluding tert-OH is 1. The Balaban J connectivity index is 1.91. The summed E-state index contributed by atoms with van der Waals surface area (Å²) in [6, 6.07) is 3.66. The smallest absolute Gasteiger partial charge is 0.0943 e. The van der Waals surface area contributed by atoms with Gasteiger partial charge in [0.05, 0.1) is 6.10 Å². The van der Waals surface area contributed by atoms with E-state index in [-0.39, 0.29) is 0 Å². The molecule has 0 aliphatic heterocycles. The Morgan fingerprint density at radius 3 is 2.37 bits per heavy atom. The maximum atomic E-state index is 10.2. The minimum absolute atomic E-state index is 0.455. The Morgan fingerprint density at radius 2 is 1.89 bits per heavy atom. The Hall–Kier alpha value is -0.280. The molecule has 1 unspecified atom stereocenters. The van der Waals surface area contributed by atoms with Crippen molar-refractivity contribution in [3.8, 4) is 0 Å². The van der Waals surface area contributed by atoms with Crippen LogP contribution in [0.1, 0.15) is 37.5 Å². The fourth-order valence-corrected chi connectivity index (χ4v) is 3.30. The summed E-state index contributed by atoms with van der Waals surface area (Å²) in [5, 5.41) is 14.6. The first-order valence-electron chi connectivity index (χ1n) is 6.65. The fraction of sp³-hybridized carbons (Fsp3) is 0.600. The lowest BCUT2D eigenvalue weighted by Gasteiger charge is -2.16. The highest BCUT2D eigenvalue weighted by molar-refractivity contribution is 6.36. The second-order valence-corrected chi connectivity index (χ2v) is 7.02. The molecule has 0 heterocycles. The molecule has 0 amide bonds. The van der Waals surface area contributed by atoms with Gasteiger partial charge in [0.15, 0.2) is 0 Å². The maximum absolute atomic E-state index is 10.2. The van der Waals surface area contributed by atoms with Gasteiger partial charge in [-0.15, -0.1) is 0 Å². The van der Waals surface area contributed by atoms with Gasteiger partial charge in [-0.05, 0) is 48.9 Å². The van der Waals surface area contributed by atoms with Gasteiger partial charge in [0.25, 0.3) is 0 Å². The number of benzene rings is 1. The third-order valence-corrected chi connectivity index (χ3v) is 4.63. The summed E-state index contributed by atoms with van der Waals surface area (Å²) in [4.78, 5) is 0. The second-order valence-electron chi connectivity index (χ2n) is 6.21. The number of halogens is 2. The average molecular weight is 302 g/mol. The van der Waals surface area contributed by atoms with Crippen LogP contribution in [0.15, 0.2) is 12.1 Å². The molecule has 0 spiro atoms. The molecule has 2 N–H and O–H groups in total. The molecule has 0 aromatic heterocycles. The zero-order valence-electron chi connectivity index (χ0n) is 11.6. The van der Waals surface area contributed by atoms with Crippen molar-refractivity contribution >= 4 is 23.2 Å². The Bertz CT molecular complexity index is 450. The van der Waals surface area contributed by atoms with E-state index < -0.39 is 6.10 Å². The summed E-state index contributed by atoms with van der Waals surface area (Å²) in [6.07, 6.45) is 0.588. The molecule has 2 atom stereocenters. The molecule has 0 saturated heterocycles. The number of hydrogen-bond donors (Lipinski definition) is 2. The number of rotatable bonds is 5. The predicted octanol–water partition coefficient (Wildman–Crippen LogP) is 3.97. The first-order chi connectivity index (χ1) is 8.81. The highest BCUT2D eigenvalue weighted by Gasteiger charge is 2.44. The molecule has 0 bridgehead atoms. The van der Waals surface area contributed by atoms with Crippen LogP contribution >= 0.6 is 23.2 Å². The SMILES string of the molecule is Cc1cc(Cl)c(C(O)CNC[C@@H]2CC2(C)C)c(Cl)c1. The van der Waals surface area contributed by atoms with E-state index in [1.165, 1.54) is 6.42 Å². The van der Waals surface area contributed by atoms with E-state index in [1.807, 2.05) is 19.1 Å². The van der Waals surface area contributed by atoms with E-state index in [4.69, 9.17) is 23.2 Å². The Labute approximate surface area is 125 Å². The minimum atomic E-state index is -0.664. The number of aliphatic hydroxyl groups is 1. The van der Waals surface area contributed by atoms with E-state index in [9.17, 15) is 5.11 Å². The Kier molecular flexibility index (Phi) is 4.46. The van der Waals surface area contributed by atoms with Crippen molar-refractivity contribution in [3.05, 3.63) is 33.3 Å². The van der Waals surface area contributed by atoms with Crippen LogP contribution in [-0.2, 0) is 0 Å².